The molecule has 1 saturated carbocycles. The van der Waals surface area contributed by atoms with Gasteiger partial charge in [0.25, 0.3) is 0 Å². The summed E-state index contributed by atoms with van der Waals surface area (Å²) in [5.74, 6) is -1.75. The third-order valence-electron chi connectivity index (χ3n) is 7.59. The van der Waals surface area contributed by atoms with Gasteiger partial charge in [0, 0.05) is 31.0 Å². The summed E-state index contributed by atoms with van der Waals surface area (Å²) in [5, 5.41) is 26.3. The highest BCUT2D eigenvalue weighted by Gasteiger charge is 2.47. The summed E-state index contributed by atoms with van der Waals surface area (Å²) >= 11 is 0. The third kappa shape index (κ3) is 6.65. The van der Waals surface area contributed by atoms with Crippen molar-refractivity contribution in [2.24, 2.45) is 0 Å². The fourth-order valence-electron chi connectivity index (χ4n) is 5.47. The first-order valence-corrected chi connectivity index (χ1v) is 12.9. The van der Waals surface area contributed by atoms with Gasteiger partial charge in [-0.15, -0.1) is 0 Å². The SMILES string of the molecule is CC(C)c1cccc(C2(NC[C@H](O)[C@H](Cc3cc(F)cc(F)c3)NC(=O)O)CCC3(CC2)OCCO3)c1. The van der Waals surface area contributed by atoms with Gasteiger partial charge in [0.05, 0.1) is 25.4 Å². The minimum absolute atomic E-state index is 0.0650. The molecule has 1 heterocycles. The van der Waals surface area contributed by atoms with Crippen molar-refractivity contribution in [3.8, 4) is 0 Å². The Morgan fingerprint density at radius 1 is 1.03 bits per heavy atom. The first kappa shape index (κ1) is 27.4. The lowest BCUT2D eigenvalue weighted by molar-refractivity contribution is -0.187. The van der Waals surface area contributed by atoms with E-state index in [4.69, 9.17) is 9.47 Å². The summed E-state index contributed by atoms with van der Waals surface area (Å²) in [5.41, 5.74) is 2.07. The van der Waals surface area contributed by atoms with Crippen LogP contribution in [0.3, 0.4) is 0 Å². The monoisotopic (exact) mass is 518 g/mol. The molecule has 37 heavy (non-hydrogen) atoms. The average Bonchev–Trinajstić information content (AvgIpc) is 3.31. The van der Waals surface area contributed by atoms with Gasteiger partial charge in [0.1, 0.15) is 11.6 Å². The zero-order valence-corrected chi connectivity index (χ0v) is 21.3. The average molecular weight is 519 g/mol. The molecule has 2 fully saturated rings. The normalized spacial score (nSPS) is 20.2. The van der Waals surface area contributed by atoms with E-state index in [2.05, 4.69) is 42.7 Å². The molecule has 2 aliphatic rings. The zero-order valence-electron chi connectivity index (χ0n) is 21.3. The highest BCUT2D eigenvalue weighted by atomic mass is 19.1. The number of aliphatic hydroxyl groups excluding tert-OH is 1. The first-order valence-electron chi connectivity index (χ1n) is 12.9. The van der Waals surface area contributed by atoms with Crippen LogP contribution in [0.2, 0.25) is 0 Å². The number of amides is 1. The van der Waals surface area contributed by atoms with Crippen molar-refractivity contribution in [2.75, 3.05) is 19.8 Å². The second kappa shape index (κ2) is 11.4. The number of nitrogens with one attached hydrogen (secondary N) is 2. The molecule has 4 rings (SSSR count). The summed E-state index contributed by atoms with van der Waals surface area (Å²) in [7, 11) is 0. The van der Waals surface area contributed by atoms with Crippen molar-refractivity contribution in [1.29, 1.82) is 0 Å². The number of hydrogen-bond acceptors (Lipinski definition) is 5. The van der Waals surface area contributed by atoms with Crippen LogP contribution in [0.15, 0.2) is 42.5 Å². The van der Waals surface area contributed by atoms with Crippen LogP contribution in [0.5, 0.6) is 0 Å². The predicted molar refractivity (Wildman–Crippen MR) is 134 cm³/mol. The number of hydrogen-bond donors (Lipinski definition) is 4. The Balaban J connectivity index is 1.54. The van der Waals surface area contributed by atoms with E-state index >= 15 is 0 Å². The molecule has 0 bridgehead atoms. The Hall–Kier alpha value is -2.59. The van der Waals surface area contributed by atoms with Crippen LogP contribution in [0.4, 0.5) is 13.6 Å². The van der Waals surface area contributed by atoms with Crippen molar-refractivity contribution in [1.82, 2.24) is 10.6 Å². The number of halogens is 2. The lowest BCUT2D eigenvalue weighted by Gasteiger charge is -2.45. The molecule has 1 saturated heterocycles. The molecule has 2 aromatic carbocycles. The van der Waals surface area contributed by atoms with Crippen molar-refractivity contribution in [3.05, 3.63) is 70.8 Å². The zero-order chi connectivity index (χ0) is 26.6. The predicted octanol–water partition coefficient (Wildman–Crippen LogP) is 4.43. The van der Waals surface area contributed by atoms with Crippen LogP contribution in [-0.4, -0.2) is 54.0 Å². The van der Waals surface area contributed by atoms with Gasteiger partial charge in [0.15, 0.2) is 5.79 Å². The van der Waals surface area contributed by atoms with Crippen molar-refractivity contribution in [2.45, 2.75) is 75.3 Å². The minimum atomic E-state index is -1.32. The third-order valence-corrected chi connectivity index (χ3v) is 7.59. The van der Waals surface area contributed by atoms with Gasteiger partial charge in [-0.25, -0.2) is 13.6 Å². The highest BCUT2D eigenvalue weighted by Crippen LogP contribution is 2.45. The van der Waals surface area contributed by atoms with Crippen LogP contribution < -0.4 is 10.6 Å². The number of benzene rings is 2. The van der Waals surface area contributed by atoms with Gasteiger partial charge in [-0.2, -0.15) is 0 Å². The van der Waals surface area contributed by atoms with E-state index in [1.54, 1.807) is 0 Å². The molecule has 1 aliphatic heterocycles. The largest absolute Gasteiger partial charge is 0.465 e. The van der Waals surface area contributed by atoms with Crippen LogP contribution in [0.25, 0.3) is 0 Å². The second-order valence-corrected chi connectivity index (χ2v) is 10.5. The summed E-state index contributed by atoms with van der Waals surface area (Å²) in [6.45, 7) is 5.49. The van der Waals surface area contributed by atoms with Crippen molar-refractivity contribution < 1.29 is 33.3 Å². The standard InChI is InChI=1S/C28H36F2N2O5/c1-18(2)20-4-3-5-21(15-20)27(6-8-28(9-7-27)36-10-11-37-28)31-17-25(33)24(32-26(34)35)14-19-12-22(29)16-23(30)13-19/h3-5,12-13,15-16,18,24-25,31-33H,6-11,14,17H2,1-2H3,(H,34,35)/t24-,25-/m0/s1. The number of ether oxygens (including phenoxy) is 2. The molecule has 0 aromatic heterocycles. The molecule has 0 unspecified atom stereocenters. The number of aliphatic hydroxyl groups is 1. The van der Waals surface area contributed by atoms with E-state index in [0.29, 0.717) is 44.8 Å². The minimum Gasteiger partial charge on any atom is -0.465 e. The topological polar surface area (TPSA) is 100 Å². The molecule has 9 heteroatoms. The maximum Gasteiger partial charge on any atom is 0.404 e. The lowest BCUT2D eigenvalue weighted by Crippen LogP contribution is -2.55. The van der Waals surface area contributed by atoms with Crippen molar-refractivity contribution in [3.63, 3.8) is 0 Å². The number of carboxylic acid groups (broad SMARTS) is 1. The van der Waals surface area contributed by atoms with Gasteiger partial charge >= 0.3 is 6.09 Å². The molecule has 4 N–H and O–H groups in total. The van der Waals surface area contributed by atoms with Crippen LogP contribution >= 0.6 is 0 Å². The molecule has 7 nitrogen and oxygen atoms in total. The maximum absolute atomic E-state index is 13.7. The quantitative estimate of drug-likeness (QED) is 0.392. The van der Waals surface area contributed by atoms with Crippen LogP contribution in [0.1, 0.15) is 62.1 Å². The smallest absolute Gasteiger partial charge is 0.404 e. The van der Waals surface area contributed by atoms with Crippen LogP contribution in [0, 0.1) is 11.6 Å². The van der Waals surface area contributed by atoms with Gasteiger partial charge in [0.2, 0.25) is 0 Å². The van der Waals surface area contributed by atoms with E-state index in [0.717, 1.165) is 23.8 Å². The van der Waals surface area contributed by atoms with Gasteiger partial charge in [-0.3, -0.25) is 0 Å². The fraction of sp³-hybridized carbons (Fsp3) is 0.536. The molecule has 202 valence electrons. The summed E-state index contributed by atoms with van der Waals surface area (Å²) in [6.07, 6.45) is 0.228. The molecular formula is C28H36F2N2O5. The summed E-state index contributed by atoms with van der Waals surface area (Å²) in [6, 6.07) is 10.4. The van der Waals surface area contributed by atoms with Gasteiger partial charge in [-0.1, -0.05) is 38.1 Å². The molecule has 0 radical (unpaired) electrons. The highest BCUT2D eigenvalue weighted by molar-refractivity contribution is 5.65. The van der Waals surface area contributed by atoms with Crippen molar-refractivity contribution >= 4 is 6.09 Å². The van der Waals surface area contributed by atoms with E-state index in [9.17, 15) is 23.8 Å². The van der Waals surface area contributed by atoms with E-state index < -0.39 is 41.2 Å². The molecule has 1 amide bonds. The Labute approximate surface area is 216 Å². The Kier molecular flexibility index (Phi) is 8.48. The number of rotatable bonds is 9. The summed E-state index contributed by atoms with van der Waals surface area (Å²) < 4.78 is 39.3. The lowest BCUT2D eigenvalue weighted by atomic mass is 9.73. The second-order valence-electron chi connectivity index (χ2n) is 10.5. The van der Waals surface area contributed by atoms with Crippen LogP contribution in [-0.2, 0) is 21.4 Å². The maximum atomic E-state index is 13.7. The van der Waals surface area contributed by atoms with E-state index in [1.807, 2.05) is 6.07 Å². The Bertz CT molecular complexity index is 1060. The molecule has 1 aliphatic carbocycles. The fourth-order valence-corrected chi connectivity index (χ4v) is 5.47. The first-order chi connectivity index (χ1) is 17.6. The Morgan fingerprint density at radius 2 is 1.68 bits per heavy atom. The summed E-state index contributed by atoms with van der Waals surface area (Å²) in [4.78, 5) is 11.5. The molecule has 2 aromatic rings. The molecule has 1 spiro atoms. The molecular weight excluding hydrogens is 482 g/mol. The number of carbonyl (C=O) groups is 1. The van der Waals surface area contributed by atoms with E-state index in [-0.39, 0.29) is 18.5 Å². The van der Waals surface area contributed by atoms with E-state index in [1.165, 1.54) is 5.56 Å². The molecule has 2 atom stereocenters. The Morgan fingerprint density at radius 3 is 2.27 bits per heavy atom. The van der Waals surface area contributed by atoms with Gasteiger partial charge in [-0.05, 0) is 54.0 Å². The van der Waals surface area contributed by atoms with Gasteiger partial charge < -0.3 is 30.3 Å².